The molecule has 0 aromatic heterocycles. The second-order valence-corrected chi connectivity index (χ2v) is 7.35. The normalized spacial score (nSPS) is 15.4. The van der Waals surface area contributed by atoms with Crippen LogP contribution in [0.15, 0.2) is 42.5 Å². The quantitative estimate of drug-likeness (QED) is 0.695. The minimum absolute atomic E-state index is 0.0971. The van der Waals surface area contributed by atoms with E-state index in [1.54, 1.807) is 29.2 Å². The number of halogens is 3. The van der Waals surface area contributed by atoms with Gasteiger partial charge in [-0.1, -0.05) is 23.7 Å². The number of aliphatic hydroxyl groups excluding tert-OH is 1. The molecule has 1 aliphatic heterocycles. The Bertz CT molecular complexity index is 829. The van der Waals surface area contributed by atoms with E-state index in [4.69, 9.17) is 23.2 Å². The number of piperazine rings is 1. The van der Waals surface area contributed by atoms with Gasteiger partial charge in [0, 0.05) is 37.7 Å². The molecule has 1 unspecified atom stereocenters. The summed E-state index contributed by atoms with van der Waals surface area (Å²) in [7, 11) is 0. The zero-order valence-corrected chi connectivity index (χ0v) is 16.8. The second kappa shape index (κ2) is 9.45. The molecule has 28 heavy (non-hydrogen) atoms. The number of aliphatic hydroxyl groups is 1. The largest absolute Gasteiger partial charge is 0.390 e. The molecule has 1 saturated heterocycles. The molecule has 2 aromatic rings. The number of amides is 1. The molecule has 1 atom stereocenters. The lowest BCUT2D eigenvalue weighted by Gasteiger charge is -2.37. The molecule has 0 saturated carbocycles. The molecule has 5 nitrogen and oxygen atoms in total. The van der Waals surface area contributed by atoms with Crippen molar-refractivity contribution in [3.8, 4) is 0 Å². The fourth-order valence-electron chi connectivity index (χ4n) is 3.16. The van der Waals surface area contributed by atoms with Gasteiger partial charge in [0.25, 0.3) is 5.91 Å². The van der Waals surface area contributed by atoms with Crippen molar-refractivity contribution < 1.29 is 14.3 Å². The highest BCUT2D eigenvalue weighted by Crippen LogP contribution is 2.30. The van der Waals surface area contributed by atoms with E-state index in [1.807, 2.05) is 6.07 Å². The average molecular weight is 426 g/mol. The standard InChI is InChI=1S/C20H22Cl2FN3O2/c21-12-15(27)13-24-18-11-14(22)5-6-19(18)25-7-9-26(10-8-25)20(28)16-3-1-2-4-17(16)23/h1-6,11,15,24,27H,7-10,12-13H2. The Morgan fingerprint density at radius 1 is 1.18 bits per heavy atom. The van der Waals surface area contributed by atoms with Gasteiger partial charge >= 0.3 is 0 Å². The Balaban J connectivity index is 1.68. The van der Waals surface area contributed by atoms with Crippen molar-refractivity contribution >= 4 is 40.5 Å². The third-order valence-corrected chi connectivity index (χ3v) is 5.27. The first-order valence-corrected chi connectivity index (χ1v) is 9.97. The Labute approximate surface area is 173 Å². The van der Waals surface area contributed by atoms with E-state index in [2.05, 4.69) is 10.2 Å². The summed E-state index contributed by atoms with van der Waals surface area (Å²) in [5.74, 6) is -0.658. The van der Waals surface area contributed by atoms with Crippen LogP contribution in [0, 0.1) is 5.82 Å². The first kappa shape index (κ1) is 20.7. The van der Waals surface area contributed by atoms with E-state index in [0.717, 1.165) is 11.4 Å². The van der Waals surface area contributed by atoms with Crippen LogP contribution >= 0.6 is 23.2 Å². The molecule has 0 spiro atoms. The van der Waals surface area contributed by atoms with Gasteiger partial charge in [-0.2, -0.15) is 0 Å². The highest BCUT2D eigenvalue weighted by atomic mass is 35.5. The lowest BCUT2D eigenvalue weighted by atomic mass is 10.1. The van der Waals surface area contributed by atoms with Crippen molar-refractivity contribution in [3.05, 3.63) is 58.9 Å². The van der Waals surface area contributed by atoms with E-state index in [1.165, 1.54) is 12.1 Å². The van der Waals surface area contributed by atoms with Crippen LogP contribution in [0.4, 0.5) is 15.8 Å². The van der Waals surface area contributed by atoms with Crippen LogP contribution in [-0.4, -0.2) is 60.6 Å². The zero-order chi connectivity index (χ0) is 20.1. The first-order valence-electron chi connectivity index (χ1n) is 9.06. The number of alkyl halides is 1. The maximum absolute atomic E-state index is 13.9. The van der Waals surface area contributed by atoms with Crippen molar-refractivity contribution in [2.75, 3.05) is 48.8 Å². The molecule has 1 heterocycles. The number of hydrogen-bond donors (Lipinski definition) is 2. The van der Waals surface area contributed by atoms with Crippen molar-refractivity contribution in [2.24, 2.45) is 0 Å². The predicted molar refractivity (Wildman–Crippen MR) is 111 cm³/mol. The fraction of sp³-hybridized carbons (Fsp3) is 0.350. The fourth-order valence-corrected chi connectivity index (χ4v) is 3.44. The van der Waals surface area contributed by atoms with Crippen molar-refractivity contribution in [2.45, 2.75) is 6.10 Å². The molecule has 1 aliphatic rings. The summed E-state index contributed by atoms with van der Waals surface area (Å²) >= 11 is 11.8. The van der Waals surface area contributed by atoms with Gasteiger partial charge in [0.05, 0.1) is 28.9 Å². The second-order valence-electron chi connectivity index (χ2n) is 6.61. The summed E-state index contributed by atoms with van der Waals surface area (Å²) in [6, 6.07) is 11.5. The molecule has 0 radical (unpaired) electrons. The van der Waals surface area contributed by atoms with E-state index >= 15 is 0 Å². The molecular formula is C20H22Cl2FN3O2. The summed E-state index contributed by atoms with van der Waals surface area (Å²) in [5.41, 5.74) is 1.83. The molecule has 1 fully saturated rings. The Morgan fingerprint density at radius 3 is 2.57 bits per heavy atom. The number of anilines is 2. The van der Waals surface area contributed by atoms with E-state index in [0.29, 0.717) is 37.7 Å². The monoisotopic (exact) mass is 425 g/mol. The van der Waals surface area contributed by atoms with Crippen LogP contribution in [-0.2, 0) is 0 Å². The molecule has 3 rings (SSSR count). The van der Waals surface area contributed by atoms with Gasteiger partial charge < -0.3 is 20.2 Å². The third-order valence-electron chi connectivity index (χ3n) is 4.68. The Kier molecular flexibility index (Phi) is 6.99. The number of hydrogen-bond acceptors (Lipinski definition) is 4. The highest BCUT2D eigenvalue weighted by molar-refractivity contribution is 6.31. The topological polar surface area (TPSA) is 55.8 Å². The Morgan fingerprint density at radius 2 is 1.89 bits per heavy atom. The summed E-state index contributed by atoms with van der Waals surface area (Å²) in [4.78, 5) is 16.4. The van der Waals surface area contributed by atoms with Crippen molar-refractivity contribution in [1.82, 2.24) is 4.90 Å². The summed E-state index contributed by atoms with van der Waals surface area (Å²) in [6.45, 7) is 2.49. The minimum atomic E-state index is -0.663. The van der Waals surface area contributed by atoms with E-state index in [-0.39, 0.29) is 17.4 Å². The molecule has 2 N–H and O–H groups in total. The summed E-state index contributed by atoms with van der Waals surface area (Å²) in [6.07, 6.45) is -0.663. The van der Waals surface area contributed by atoms with Gasteiger partial charge in [0.2, 0.25) is 0 Å². The third kappa shape index (κ3) is 4.87. The first-order chi connectivity index (χ1) is 13.5. The van der Waals surface area contributed by atoms with Crippen LogP contribution in [0.5, 0.6) is 0 Å². The average Bonchev–Trinajstić information content (AvgIpc) is 2.72. The maximum atomic E-state index is 13.9. The molecule has 0 bridgehead atoms. The molecular weight excluding hydrogens is 404 g/mol. The van der Waals surface area contributed by atoms with Crippen LogP contribution < -0.4 is 10.2 Å². The smallest absolute Gasteiger partial charge is 0.256 e. The number of rotatable bonds is 6. The molecule has 1 amide bonds. The van der Waals surface area contributed by atoms with Gasteiger partial charge in [-0.05, 0) is 30.3 Å². The lowest BCUT2D eigenvalue weighted by Crippen LogP contribution is -2.49. The van der Waals surface area contributed by atoms with Crippen LogP contribution in [0.25, 0.3) is 0 Å². The van der Waals surface area contributed by atoms with Gasteiger partial charge in [-0.25, -0.2) is 4.39 Å². The number of carbonyl (C=O) groups is 1. The molecule has 0 aliphatic carbocycles. The van der Waals surface area contributed by atoms with E-state index < -0.39 is 11.9 Å². The number of carbonyl (C=O) groups excluding carboxylic acids is 1. The lowest BCUT2D eigenvalue weighted by molar-refractivity contribution is 0.0742. The van der Waals surface area contributed by atoms with E-state index in [9.17, 15) is 14.3 Å². The van der Waals surface area contributed by atoms with Gasteiger partial charge in [0.15, 0.2) is 0 Å². The van der Waals surface area contributed by atoms with Gasteiger partial charge in [0.1, 0.15) is 5.82 Å². The molecule has 150 valence electrons. The summed E-state index contributed by atoms with van der Waals surface area (Å²) in [5, 5.41) is 13.5. The summed E-state index contributed by atoms with van der Waals surface area (Å²) < 4.78 is 13.9. The SMILES string of the molecule is O=C(c1ccccc1F)N1CCN(c2ccc(Cl)cc2NCC(O)CCl)CC1. The molecule has 2 aromatic carbocycles. The minimum Gasteiger partial charge on any atom is -0.390 e. The van der Waals surface area contributed by atoms with Crippen molar-refractivity contribution in [1.29, 1.82) is 0 Å². The number of nitrogens with one attached hydrogen (secondary N) is 1. The number of benzene rings is 2. The van der Waals surface area contributed by atoms with Crippen LogP contribution in [0.2, 0.25) is 5.02 Å². The van der Waals surface area contributed by atoms with Crippen molar-refractivity contribution in [3.63, 3.8) is 0 Å². The Hall–Kier alpha value is -2.02. The molecule has 8 heteroatoms. The van der Waals surface area contributed by atoms with Gasteiger partial charge in [-0.3, -0.25) is 4.79 Å². The highest BCUT2D eigenvalue weighted by Gasteiger charge is 2.25. The van der Waals surface area contributed by atoms with Crippen LogP contribution in [0.1, 0.15) is 10.4 Å². The number of nitrogens with zero attached hydrogens (tertiary/aromatic N) is 2. The van der Waals surface area contributed by atoms with Gasteiger partial charge in [-0.15, -0.1) is 11.6 Å². The predicted octanol–water partition coefficient (Wildman–Crippen LogP) is 3.45. The van der Waals surface area contributed by atoms with Crippen LogP contribution in [0.3, 0.4) is 0 Å². The maximum Gasteiger partial charge on any atom is 0.256 e. The zero-order valence-electron chi connectivity index (χ0n) is 15.2.